The molecule has 0 aliphatic carbocycles. The molecule has 2 heterocycles. The summed E-state index contributed by atoms with van der Waals surface area (Å²) in [5.41, 5.74) is 2.09. The number of carboxylic acid groups (broad SMARTS) is 1. The van der Waals surface area contributed by atoms with Gasteiger partial charge in [-0.25, -0.2) is 18.3 Å². The molecule has 9 heteroatoms. The zero-order valence-electron chi connectivity index (χ0n) is 22.7. The minimum atomic E-state index is -1.09. The number of benzene rings is 2. The van der Waals surface area contributed by atoms with Gasteiger partial charge in [-0.2, -0.15) is 5.10 Å². The highest BCUT2D eigenvalue weighted by Gasteiger charge is 2.17. The Kier molecular flexibility index (Phi) is 12.9. The van der Waals surface area contributed by atoms with Crippen molar-refractivity contribution in [2.45, 2.75) is 64.4 Å². The Morgan fingerprint density at radius 3 is 2.38 bits per heavy atom. The Bertz CT molecular complexity index is 1130. The summed E-state index contributed by atoms with van der Waals surface area (Å²) in [6.45, 7) is 5.40. The van der Waals surface area contributed by atoms with Gasteiger partial charge < -0.3 is 20.5 Å². The zero-order chi connectivity index (χ0) is 27.9. The Hall–Kier alpha value is -3.30. The summed E-state index contributed by atoms with van der Waals surface area (Å²) in [5, 5.41) is 19.0. The molecule has 2 aromatic carbocycles. The van der Waals surface area contributed by atoms with Gasteiger partial charge in [0.15, 0.2) is 5.69 Å². The van der Waals surface area contributed by atoms with Crippen molar-refractivity contribution in [3.05, 3.63) is 77.6 Å². The van der Waals surface area contributed by atoms with Crippen LogP contribution in [0.2, 0.25) is 0 Å². The highest BCUT2D eigenvalue weighted by molar-refractivity contribution is 5.85. The predicted octanol–water partition coefficient (Wildman–Crippen LogP) is 6.75. The van der Waals surface area contributed by atoms with Gasteiger partial charge >= 0.3 is 5.97 Å². The van der Waals surface area contributed by atoms with E-state index in [4.69, 9.17) is 9.84 Å². The lowest BCUT2D eigenvalue weighted by Crippen LogP contribution is -2.33. The average molecular weight is 543 g/mol. The van der Waals surface area contributed by atoms with Gasteiger partial charge in [-0.05, 0) is 54.4 Å². The minimum absolute atomic E-state index is 0.0324. The van der Waals surface area contributed by atoms with Crippen molar-refractivity contribution in [2.75, 3.05) is 31.6 Å². The van der Waals surface area contributed by atoms with Crippen molar-refractivity contribution < 1.29 is 23.4 Å². The number of halogens is 2. The topological polar surface area (TPSA) is 88.4 Å². The van der Waals surface area contributed by atoms with Crippen LogP contribution in [0.5, 0.6) is 0 Å². The van der Waals surface area contributed by atoms with E-state index >= 15 is 0 Å². The monoisotopic (exact) mass is 542 g/mol. The van der Waals surface area contributed by atoms with E-state index in [-0.39, 0.29) is 23.4 Å². The van der Waals surface area contributed by atoms with Crippen LogP contribution in [0, 0.1) is 11.6 Å². The summed E-state index contributed by atoms with van der Waals surface area (Å²) >= 11 is 0. The van der Waals surface area contributed by atoms with Gasteiger partial charge in [0, 0.05) is 25.8 Å². The van der Waals surface area contributed by atoms with Crippen molar-refractivity contribution in [3.63, 3.8) is 0 Å². The molecule has 0 unspecified atom stereocenters. The quantitative estimate of drug-likeness (QED) is 0.207. The van der Waals surface area contributed by atoms with Gasteiger partial charge in [0.25, 0.3) is 0 Å². The molecule has 3 N–H and O–H groups in total. The Balaban J connectivity index is 0.000000239. The SMILES string of the molecule is CCCCCCCCCCNc1ccc([C@H]2CNCCO2)cc1F.O=C(O)c1ccn(-c2ccc(F)cc2)n1. The molecular weight excluding hydrogens is 502 g/mol. The number of nitrogens with zero attached hydrogens (tertiary/aromatic N) is 2. The molecular formula is C30H40F2N4O3. The minimum Gasteiger partial charge on any atom is -0.476 e. The Labute approximate surface area is 229 Å². The largest absolute Gasteiger partial charge is 0.476 e. The molecule has 0 bridgehead atoms. The molecule has 212 valence electrons. The van der Waals surface area contributed by atoms with Crippen LogP contribution in [0.1, 0.15) is 80.4 Å². The number of nitrogens with one attached hydrogen (secondary N) is 2. The van der Waals surface area contributed by atoms with Crippen molar-refractivity contribution >= 4 is 11.7 Å². The number of ether oxygens (including phenoxy) is 1. The molecule has 39 heavy (non-hydrogen) atoms. The van der Waals surface area contributed by atoms with E-state index in [9.17, 15) is 13.6 Å². The Morgan fingerprint density at radius 1 is 1.05 bits per heavy atom. The zero-order valence-corrected chi connectivity index (χ0v) is 22.7. The van der Waals surface area contributed by atoms with Crippen molar-refractivity contribution in [1.82, 2.24) is 15.1 Å². The Morgan fingerprint density at radius 2 is 1.77 bits per heavy atom. The van der Waals surface area contributed by atoms with E-state index in [1.54, 1.807) is 6.07 Å². The van der Waals surface area contributed by atoms with E-state index in [1.165, 1.54) is 86.2 Å². The fourth-order valence-electron chi connectivity index (χ4n) is 4.31. The van der Waals surface area contributed by atoms with Gasteiger partial charge in [0.05, 0.1) is 24.1 Å². The number of rotatable bonds is 13. The van der Waals surface area contributed by atoms with Crippen LogP contribution >= 0.6 is 0 Å². The molecule has 1 aromatic heterocycles. The highest BCUT2D eigenvalue weighted by atomic mass is 19.1. The van der Waals surface area contributed by atoms with Crippen molar-refractivity contribution in [1.29, 1.82) is 0 Å². The number of anilines is 1. The van der Waals surface area contributed by atoms with Crippen LogP contribution in [0.4, 0.5) is 14.5 Å². The highest BCUT2D eigenvalue weighted by Crippen LogP contribution is 2.23. The third-order valence-electron chi connectivity index (χ3n) is 6.54. The second-order valence-corrected chi connectivity index (χ2v) is 9.63. The summed E-state index contributed by atoms with van der Waals surface area (Å²) in [5.74, 6) is -1.61. The van der Waals surface area contributed by atoms with Crippen LogP contribution in [-0.2, 0) is 4.74 Å². The first-order valence-corrected chi connectivity index (χ1v) is 13.9. The fourth-order valence-corrected chi connectivity index (χ4v) is 4.31. The van der Waals surface area contributed by atoms with E-state index in [2.05, 4.69) is 22.7 Å². The average Bonchev–Trinajstić information content (AvgIpc) is 3.45. The van der Waals surface area contributed by atoms with Crippen LogP contribution in [0.15, 0.2) is 54.7 Å². The van der Waals surface area contributed by atoms with Gasteiger partial charge in [-0.15, -0.1) is 0 Å². The van der Waals surface area contributed by atoms with Crippen LogP contribution in [0.3, 0.4) is 0 Å². The molecule has 0 spiro atoms. The van der Waals surface area contributed by atoms with E-state index < -0.39 is 5.97 Å². The van der Waals surface area contributed by atoms with Gasteiger partial charge in [-0.3, -0.25) is 0 Å². The molecule has 0 radical (unpaired) electrons. The fraction of sp³-hybridized carbons (Fsp3) is 0.467. The molecule has 7 nitrogen and oxygen atoms in total. The third kappa shape index (κ3) is 10.4. The van der Waals surface area contributed by atoms with Crippen LogP contribution < -0.4 is 10.6 Å². The predicted molar refractivity (Wildman–Crippen MR) is 150 cm³/mol. The smallest absolute Gasteiger partial charge is 0.356 e. The van der Waals surface area contributed by atoms with E-state index in [1.807, 2.05) is 12.1 Å². The number of carbonyl (C=O) groups is 1. The maximum Gasteiger partial charge on any atom is 0.356 e. The lowest BCUT2D eigenvalue weighted by molar-refractivity contribution is 0.0275. The number of hydrogen-bond acceptors (Lipinski definition) is 5. The lowest BCUT2D eigenvalue weighted by atomic mass is 10.1. The second-order valence-electron chi connectivity index (χ2n) is 9.63. The first-order chi connectivity index (χ1) is 19.0. The van der Waals surface area contributed by atoms with Crippen molar-refractivity contribution in [2.24, 2.45) is 0 Å². The first-order valence-electron chi connectivity index (χ1n) is 13.9. The number of carboxylic acids is 1. The first kappa shape index (κ1) is 30.2. The molecule has 1 aliphatic heterocycles. The molecule has 0 amide bonds. The molecule has 4 rings (SSSR count). The molecule has 1 fully saturated rings. The second kappa shape index (κ2) is 16.6. The number of morpholine rings is 1. The summed E-state index contributed by atoms with van der Waals surface area (Å²) in [4.78, 5) is 10.6. The molecule has 3 aromatic rings. The number of aromatic nitrogens is 2. The number of aromatic carboxylic acids is 1. The van der Waals surface area contributed by atoms with Gasteiger partial charge in [0.2, 0.25) is 0 Å². The summed E-state index contributed by atoms with van der Waals surface area (Å²) in [7, 11) is 0. The van der Waals surface area contributed by atoms with Crippen LogP contribution in [-0.4, -0.2) is 47.1 Å². The summed E-state index contributed by atoms with van der Waals surface area (Å²) < 4.78 is 33.9. The molecule has 0 saturated carbocycles. The number of hydrogen-bond donors (Lipinski definition) is 3. The van der Waals surface area contributed by atoms with E-state index in [0.717, 1.165) is 31.6 Å². The van der Waals surface area contributed by atoms with Gasteiger partial charge in [-0.1, -0.05) is 57.9 Å². The maximum atomic E-state index is 14.2. The van der Waals surface area contributed by atoms with Crippen LogP contribution in [0.25, 0.3) is 5.69 Å². The van der Waals surface area contributed by atoms with Crippen molar-refractivity contribution in [3.8, 4) is 5.69 Å². The molecule has 1 atom stereocenters. The lowest BCUT2D eigenvalue weighted by Gasteiger charge is -2.24. The molecule has 1 aliphatic rings. The van der Waals surface area contributed by atoms with Gasteiger partial charge in [0.1, 0.15) is 11.6 Å². The van der Waals surface area contributed by atoms with E-state index in [0.29, 0.717) is 18.0 Å². The molecule has 1 saturated heterocycles. The maximum absolute atomic E-state index is 14.2. The normalized spacial score (nSPS) is 14.9. The number of unbranched alkanes of at least 4 members (excludes halogenated alkanes) is 7. The third-order valence-corrected chi connectivity index (χ3v) is 6.54. The summed E-state index contributed by atoms with van der Waals surface area (Å²) in [6.07, 6.45) is 11.8. The standard InChI is InChI=1S/C20H33FN2O.C10H7FN2O2/c1-2-3-4-5-6-7-8-9-12-23-19-11-10-17(15-18(19)21)20-16-22-13-14-24-20;11-7-1-3-8(4-2-7)13-6-5-9(12-13)10(14)15/h10-11,15,20,22-23H,2-9,12-14,16H2,1H3;1-6H,(H,14,15)/t20-;/m1./s1. The summed E-state index contributed by atoms with van der Waals surface area (Å²) in [6, 6.07) is 12.4.